The Morgan fingerprint density at radius 3 is 2.21 bits per heavy atom. The summed E-state index contributed by atoms with van der Waals surface area (Å²) in [6, 6.07) is 28.5. The third-order valence-corrected chi connectivity index (χ3v) is 6.27. The molecule has 0 saturated heterocycles. The maximum Gasteiger partial charge on any atom is 0.244 e. The molecule has 1 aliphatic rings. The Balaban J connectivity index is 1.39. The van der Waals surface area contributed by atoms with Crippen LogP contribution in [0, 0.1) is 0 Å². The molecule has 5 heteroatoms. The summed E-state index contributed by atoms with van der Waals surface area (Å²) in [6.45, 7) is 1.63. The molecule has 1 amide bonds. The van der Waals surface area contributed by atoms with Gasteiger partial charge in [0, 0.05) is 18.7 Å². The van der Waals surface area contributed by atoms with Crippen LogP contribution in [-0.2, 0) is 24.2 Å². The first-order valence-corrected chi connectivity index (χ1v) is 11.3. The largest absolute Gasteiger partial charge is 0.497 e. The lowest BCUT2D eigenvalue weighted by Gasteiger charge is -2.21. The number of amides is 1. The fourth-order valence-corrected chi connectivity index (χ4v) is 4.43. The quantitative estimate of drug-likeness (QED) is 0.448. The molecule has 2 heterocycles. The molecule has 0 spiro atoms. The molecular weight excluding hydrogens is 410 g/mol. The summed E-state index contributed by atoms with van der Waals surface area (Å²) in [5.74, 6) is 0.959. The van der Waals surface area contributed by atoms with Crippen molar-refractivity contribution in [1.29, 1.82) is 0 Å². The van der Waals surface area contributed by atoms with Crippen LogP contribution in [0.4, 0.5) is 0 Å². The van der Waals surface area contributed by atoms with Crippen molar-refractivity contribution in [2.45, 2.75) is 19.4 Å². The van der Waals surface area contributed by atoms with Gasteiger partial charge in [-0.3, -0.25) is 9.48 Å². The molecule has 0 aliphatic carbocycles. The third kappa shape index (κ3) is 4.53. The second kappa shape index (κ2) is 9.33. The number of hydrogen-bond donors (Lipinski definition) is 0. The number of rotatable bonds is 5. The number of fused-ring (bicyclic) bond motifs is 1. The highest BCUT2D eigenvalue weighted by atomic mass is 16.5. The second-order valence-electron chi connectivity index (χ2n) is 8.32. The second-order valence-corrected chi connectivity index (χ2v) is 8.32. The minimum atomic E-state index is 0.0923. The van der Waals surface area contributed by atoms with Crippen molar-refractivity contribution in [3.63, 3.8) is 0 Å². The van der Waals surface area contributed by atoms with Crippen LogP contribution in [0.2, 0.25) is 0 Å². The zero-order valence-corrected chi connectivity index (χ0v) is 18.8. The van der Waals surface area contributed by atoms with E-state index in [0.29, 0.717) is 13.1 Å². The van der Waals surface area contributed by atoms with E-state index < -0.39 is 0 Å². The Hall–Kier alpha value is -3.86. The summed E-state index contributed by atoms with van der Waals surface area (Å²) in [7, 11) is 1.69. The molecular formula is C28H27N3O2. The van der Waals surface area contributed by atoms with Crippen molar-refractivity contribution in [2.24, 2.45) is 0 Å². The van der Waals surface area contributed by atoms with Gasteiger partial charge in [0.25, 0.3) is 0 Å². The van der Waals surface area contributed by atoms with Crippen molar-refractivity contribution in [3.05, 3.63) is 96.1 Å². The molecule has 5 rings (SSSR count). The Morgan fingerprint density at radius 2 is 1.52 bits per heavy atom. The number of carbonyl (C=O) groups is 1. The zero-order valence-electron chi connectivity index (χ0n) is 18.8. The van der Waals surface area contributed by atoms with E-state index in [1.54, 1.807) is 7.11 Å². The van der Waals surface area contributed by atoms with E-state index in [4.69, 9.17) is 9.84 Å². The number of aromatic nitrogens is 2. The summed E-state index contributed by atoms with van der Waals surface area (Å²) in [4.78, 5) is 15.3. The highest BCUT2D eigenvalue weighted by molar-refractivity contribution is 5.78. The number of ether oxygens (including phenoxy) is 1. The van der Waals surface area contributed by atoms with Crippen LogP contribution in [0.15, 0.2) is 84.9 Å². The van der Waals surface area contributed by atoms with Gasteiger partial charge in [0.2, 0.25) is 5.91 Å². The van der Waals surface area contributed by atoms with E-state index >= 15 is 0 Å². The lowest BCUT2D eigenvalue weighted by molar-refractivity contribution is -0.131. The highest BCUT2D eigenvalue weighted by Crippen LogP contribution is 2.27. The average Bonchev–Trinajstić information content (AvgIpc) is 3.16. The summed E-state index contributed by atoms with van der Waals surface area (Å²) >= 11 is 0. The van der Waals surface area contributed by atoms with Gasteiger partial charge in [0.15, 0.2) is 0 Å². The maximum atomic E-state index is 13.4. The number of methoxy groups -OCH3 is 1. The normalized spacial score (nSPS) is 13.3. The standard InChI is InChI=1S/C28H27N3O2/c1-33-25-13-12-21-14-16-30(17-15-24(21)18-25)28(32)20-31-27(23-10-6-3-7-11-23)19-26(29-31)22-8-4-2-5-9-22/h2-13,18-19H,14-17,20H2,1H3. The van der Waals surface area contributed by atoms with Crippen molar-refractivity contribution in [2.75, 3.05) is 20.2 Å². The fraction of sp³-hybridized carbons (Fsp3) is 0.214. The van der Waals surface area contributed by atoms with Gasteiger partial charge in [-0.15, -0.1) is 0 Å². The number of carbonyl (C=O) groups excluding carboxylic acids is 1. The molecule has 5 nitrogen and oxygen atoms in total. The van der Waals surface area contributed by atoms with E-state index in [0.717, 1.165) is 41.1 Å². The molecule has 0 unspecified atom stereocenters. The first kappa shape index (κ1) is 21.0. The van der Waals surface area contributed by atoms with Crippen molar-refractivity contribution >= 4 is 5.91 Å². The molecule has 1 aliphatic heterocycles. The number of hydrogen-bond acceptors (Lipinski definition) is 3. The molecule has 0 N–H and O–H groups in total. The van der Waals surface area contributed by atoms with Crippen LogP contribution in [0.1, 0.15) is 11.1 Å². The van der Waals surface area contributed by atoms with Gasteiger partial charge in [-0.1, -0.05) is 66.7 Å². The van der Waals surface area contributed by atoms with Crippen LogP contribution < -0.4 is 4.74 Å². The molecule has 33 heavy (non-hydrogen) atoms. The monoisotopic (exact) mass is 437 g/mol. The van der Waals surface area contributed by atoms with Crippen LogP contribution in [-0.4, -0.2) is 40.8 Å². The summed E-state index contributed by atoms with van der Waals surface area (Å²) < 4.78 is 7.22. The predicted octanol–water partition coefficient (Wildman–Crippen LogP) is 4.85. The Kier molecular flexibility index (Phi) is 5.94. The van der Waals surface area contributed by atoms with E-state index in [9.17, 15) is 4.79 Å². The first-order chi connectivity index (χ1) is 16.2. The van der Waals surface area contributed by atoms with Crippen LogP contribution in [0.3, 0.4) is 0 Å². The van der Waals surface area contributed by atoms with Gasteiger partial charge in [-0.25, -0.2) is 0 Å². The van der Waals surface area contributed by atoms with Crippen molar-refractivity contribution in [1.82, 2.24) is 14.7 Å². The van der Waals surface area contributed by atoms with Gasteiger partial charge in [0.05, 0.1) is 18.5 Å². The average molecular weight is 438 g/mol. The zero-order chi connectivity index (χ0) is 22.6. The number of nitrogens with zero attached hydrogens (tertiary/aromatic N) is 3. The van der Waals surface area contributed by atoms with Gasteiger partial charge in [-0.05, 0) is 47.7 Å². The number of benzene rings is 3. The van der Waals surface area contributed by atoms with Gasteiger partial charge >= 0.3 is 0 Å². The van der Waals surface area contributed by atoms with E-state index in [2.05, 4.69) is 30.3 Å². The van der Waals surface area contributed by atoms with Crippen LogP contribution in [0.5, 0.6) is 5.75 Å². The van der Waals surface area contributed by atoms with Crippen molar-refractivity contribution < 1.29 is 9.53 Å². The van der Waals surface area contributed by atoms with Crippen molar-refractivity contribution in [3.8, 4) is 28.3 Å². The van der Waals surface area contributed by atoms with Gasteiger partial charge in [-0.2, -0.15) is 5.10 Å². The molecule has 3 aromatic carbocycles. The van der Waals surface area contributed by atoms with Gasteiger partial charge in [0.1, 0.15) is 12.3 Å². The van der Waals surface area contributed by atoms with Crippen LogP contribution >= 0.6 is 0 Å². The molecule has 4 aromatic rings. The van der Waals surface area contributed by atoms with Crippen LogP contribution in [0.25, 0.3) is 22.5 Å². The van der Waals surface area contributed by atoms with E-state index in [1.165, 1.54) is 11.1 Å². The molecule has 0 saturated carbocycles. The molecule has 0 radical (unpaired) electrons. The Morgan fingerprint density at radius 1 is 0.848 bits per heavy atom. The van der Waals surface area contributed by atoms with Gasteiger partial charge < -0.3 is 9.64 Å². The Bertz CT molecular complexity index is 1250. The molecule has 0 atom stereocenters. The maximum absolute atomic E-state index is 13.4. The minimum Gasteiger partial charge on any atom is -0.497 e. The lowest BCUT2D eigenvalue weighted by atomic mass is 10.0. The van der Waals surface area contributed by atoms with E-state index in [-0.39, 0.29) is 12.5 Å². The highest BCUT2D eigenvalue weighted by Gasteiger charge is 2.21. The molecule has 0 bridgehead atoms. The first-order valence-electron chi connectivity index (χ1n) is 11.3. The molecule has 1 aromatic heterocycles. The summed E-state index contributed by atoms with van der Waals surface area (Å²) in [6.07, 6.45) is 1.68. The summed E-state index contributed by atoms with van der Waals surface area (Å²) in [5.41, 5.74) is 6.47. The fourth-order valence-electron chi connectivity index (χ4n) is 4.43. The van der Waals surface area contributed by atoms with E-state index in [1.807, 2.05) is 64.2 Å². The molecule has 166 valence electrons. The SMILES string of the molecule is COc1ccc2c(c1)CCN(C(=O)Cn1nc(-c3ccccc3)cc1-c1ccccc1)CC2. The lowest BCUT2D eigenvalue weighted by Crippen LogP contribution is -2.36. The Labute approximate surface area is 194 Å². The smallest absolute Gasteiger partial charge is 0.244 e. The third-order valence-electron chi connectivity index (χ3n) is 6.27. The minimum absolute atomic E-state index is 0.0923. The molecule has 0 fully saturated rings. The summed E-state index contributed by atoms with van der Waals surface area (Å²) in [5, 5.41) is 4.83. The topological polar surface area (TPSA) is 47.4 Å². The predicted molar refractivity (Wildman–Crippen MR) is 130 cm³/mol.